The molecule has 1 aromatic carbocycles. The van der Waals surface area contributed by atoms with Gasteiger partial charge in [-0.1, -0.05) is 38.3 Å². The van der Waals surface area contributed by atoms with Gasteiger partial charge in [0.25, 0.3) is 0 Å². The summed E-state index contributed by atoms with van der Waals surface area (Å²) in [7, 11) is 1.63. The van der Waals surface area contributed by atoms with Gasteiger partial charge in [-0.25, -0.2) is 0 Å². The Morgan fingerprint density at radius 1 is 1.35 bits per heavy atom. The number of anilines is 1. The van der Waals surface area contributed by atoms with Gasteiger partial charge in [0.2, 0.25) is 0 Å². The minimum atomic E-state index is 0.527. The van der Waals surface area contributed by atoms with Crippen LogP contribution >= 0.6 is 11.6 Å². The fourth-order valence-electron chi connectivity index (χ4n) is 1.82. The van der Waals surface area contributed by atoms with Gasteiger partial charge < -0.3 is 10.1 Å². The van der Waals surface area contributed by atoms with Crippen molar-refractivity contribution in [1.82, 2.24) is 0 Å². The molecule has 0 aromatic heterocycles. The molecule has 0 amide bonds. The number of hydrogen-bond donors (Lipinski definition) is 1. The van der Waals surface area contributed by atoms with Crippen LogP contribution in [-0.4, -0.2) is 13.2 Å². The summed E-state index contributed by atoms with van der Waals surface area (Å²) in [6.45, 7) is 4.43. The lowest BCUT2D eigenvalue weighted by Crippen LogP contribution is -2.18. The lowest BCUT2D eigenvalue weighted by Gasteiger charge is -2.18. The Morgan fingerprint density at radius 3 is 2.65 bits per heavy atom. The molecule has 0 spiro atoms. The van der Waals surface area contributed by atoms with Crippen LogP contribution < -0.4 is 10.1 Å². The maximum Gasteiger partial charge on any atom is 0.137 e. The lowest BCUT2D eigenvalue weighted by molar-refractivity contribution is 0.415. The number of nitrogens with one attached hydrogen (secondary N) is 1. The Labute approximate surface area is 109 Å². The first-order valence-corrected chi connectivity index (χ1v) is 6.69. The third-order valence-electron chi connectivity index (χ3n) is 2.92. The van der Waals surface area contributed by atoms with E-state index in [1.54, 1.807) is 7.11 Å². The molecule has 0 aliphatic rings. The summed E-state index contributed by atoms with van der Waals surface area (Å²) >= 11 is 6.10. The van der Waals surface area contributed by atoms with E-state index in [9.17, 15) is 0 Å². The van der Waals surface area contributed by atoms with Gasteiger partial charge in [0.05, 0.1) is 12.1 Å². The molecule has 0 saturated heterocycles. The van der Waals surface area contributed by atoms with Gasteiger partial charge in [-0.3, -0.25) is 0 Å². The van der Waals surface area contributed by atoms with Crippen molar-refractivity contribution < 1.29 is 4.74 Å². The first-order chi connectivity index (χ1) is 8.21. The number of unbranched alkanes of at least 4 members (excludes halogenated alkanes) is 1. The summed E-state index contributed by atoms with van der Waals surface area (Å²) in [5.74, 6) is 0.721. The third kappa shape index (κ3) is 4.47. The van der Waals surface area contributed by atoms with Crippen molar-refractivity contribution in [1.29, 1.82) is 0 Å². The van der Waals surface area contributed by atoms with E-state index in [0.29, 0.717) is 11.1 Å². The van der Waals surface area contributed by atoms with Crippen molar-refractivity contribution in [2.24, 2.45) is 0 Å². The van der Waals surface area contributed by atoms with E-state index >= 15 is 0 Å². The quantitative estimate of drug-likeness (QED) is 0.761. The summed E-state index contributed by atoms with van der Waals surface area (Å²) in [5, 5.41) is 4.17. The number of hydrogen-bond acceptors (Lipinski definition) is 2. The maximum absolute atomic E-state index is 6.10. The second kappa shape index (κ2) is 7.44. The van der Waals surface area contributed by atoms with Crippen LogP contribution in [0, 0.1) is 0 Å². The average molecular weight is 256 g/mol. The van der Waals surface area contributed by atoms with Crippen LogP contribution in [0.4, 0.5) is 5.69 Å². The molecule has 0 bridgehead atoms. The largest absolute Gasteiger partial charge is 0.495 e. The molecule has 96 valence electrons. The van der Waals surface area contributed by atoms with Crippen molar-refractivity contribution in [3.05, 3.63) is 23.2 Å². The van der Waals surface area contributed by atoms with Gasteiger partial charge in [-0.2, -0.15) is 0 Å². The molecule has 0 aliphatic carbocycles. The topological polar surface area (TPSA) is 21.3 Å². The molecule has 1 N–H and O–H groups in total. The number of rotatable bonds is 7. The van der Waals surface area contributed by atoms with Gasteiger partial charge in [-0.15, -0.1) is 0 Å². The van der Waals surface area contributed by atoms with E-state index in [0.717, 1.165) is 17.9 Å². The number of ether oxygens (including phenoxy) is 1. The normalized spacial score (nSPS) is 12.2. The fourth-order valence-corrected chi connectivity index (χ4v) is 2.08. The number of methoxy groups -OCH3 is 1. The van der Waals surface area contributed by atoms with Crippen molar-refractivity contribution in [2.75, 3.05) is 12.4 Å². The highest BCUT2D eigenvalue weighted by molar-refractivity contribution is 6.32. The monoisotopic (exact) mass is 255 g/mol. The van der Waals surface area contributed by atoms with E-state index in [-0.39, 0.29) is 0 Å². The second-order valence-electron chi connectivity index (χ2n) is 4.24. The first kappa shape index (κ1) is 14.2. The molecule has 3 heteroatoms. The summed E-state index contributed by atoms with van der Waals surface area (Å²) in [4.78, 5) is 0. The first-order valence-electron chi connectivity index (χ1n) is 6.31. The molecule has 1 unspecified atom stereocenters. The Morgan fingerprint density at radius 2 is 2.12 bits per heavy atom. The van der Waals surface area contributed by atoms with Crippen LogP contribution in [0.25, 0.3) is 0 Å². The molecular weight excluding hydrogens is 234 g/mol. The average Bonchev–Trinajstić information content (AvgIpc) is 2.34. The predicted octanol–water partition coefficient (Wildman–Crippen LogP) is 4.73. The molecular formula is C14H22ClNO. The van der Waals surface area contributed by atoms with E-state index in [1.807, 2.05) is 18.2 Å². The summed E-state index contributed by atoms with van der Waals surface area (Å²) in [5.41, 5.74) is 1.07. The highest BCUT2D eigenvalue weighted by Crippen LogP contribution is 2.28. The van der Waals surface area contributed by atoms with Crippen LogP contribution in [0.3, 0.4) is 0 Å². The highest BCUT2D eigenvalue weighted by atomic mass is 35.5. The van der Waals surface area contributed by atoms with Crippen molar-refractivity contribution in [3.63, 3.8) is 0 Å². The summed E-state index contributed by atoms with van der Waals surface area (Å²) in [6, 6.07) is 6.37. The van der Waals surface area contributed by atoms with Gasteiger partial charge in [-0.05, 0) is 31.0 Å². The SMILES string of the molecule is CCCCC(CC)Nc1ccc(OC)c(Cl)c1. The zero-order valence-corrected chi connectivity index (χ0v) is 11.7. The van der Waals surface area contributed by atoms with Gasteiger partial charge in [0.15, 0.2) is 0 Å². The zero-order chi connectivity index (χ0) is 12.7. The second-order valence-corrected chi connectivity index (χ2v) is 4.65. The van der Waals surface area contributed by atoms with Gasteiger partial charge >= 0.3 is 0 Å². The Balaban J connectivity index is 2.63. The number of benzene rings is 1. The van der Waals surface area contributed by atoms with E-state index in [2.05, 4.69) is 19.2 Å². The zero-order valence-electron chi connectivity index (χ0n) is 10.9. The molecule has 0 saturated carbocycles. The number of halogens is 1. The summed E-state index contributed by atoms with van der Waals surface area (Å²) in [6.07, 6.45) is 4.83. The molecule has 1 atom stereocenters. The predicted molar refractivity (Wildman–Crippen MR) is 75.2 cm³/mol. The van der Waals surface area contributed by atoms with Crippen LogP contribution in [0.15, 0.2) is 18.2 Å². The smallest absolute Gasteiger partial charge is 0.137 e. The van der Waals surface area contributed by atoms with Gasteiger partial charge in [0, 0.05) is 11.7 Å². The van der Waals surface area contributed by atoms with Crippen LogP contribution in [0.5, 0.6) is 5.75 Å². The van der Waals surface area contributed by atoms with Crippen molar-refractivity contribution >= 4 is 17.3 Å². The van der Waals surface area contributed by atoms with Crippen molar-refractivity contribution in [3.8, 4) is 5.75 Å². The molecule has 0 radical (unpaired) electrons. The minimum Gasteiger partial charge on any atom is -0.495 e. The molecule has 0 heterocycles. The maximum atomic E-state index is 6.10. The Hall–Kier alpha value is -0.890. The molecule has 0 fully saturated rings. The Kier molecular flexibility index (Phi) is 6.20. The Bertz CT molecular complexity index is 341. The minimum absolute atomic E-state index is 0.527. The van der Waals surface area contributed by atoms with Crippen LogP contribution in [0.1, 0.15) is 39.5 Å². The molecule has 1 aromatic rings. The fraction of sp³-hybridized carbons (Fsp3) is 0.571. The standard InChI is InChI=1S/C14H22ClNO/c1-4-6-7-11(5-2)16-12-8-9-14(17-3)13(15)10-12/h8-11,16H,4-7H2,1-3H3. The van der Waals surface area contributed by atoms with E-state index < -0.39 is 0 Å². The van der Waals surface area contributed by atoms with Gasteiger partial charge in [0.1, 0.15) is 5.75 Å². The molecule has 1 rings (SSSR count). The van der Waals surface area contributed by atoms with Crippen LogP contribution in [0.2, 0.25) is 5.02 Å². The van der Waals surface area contributed by atoms with E-state index in [4.69, 9.17) is 16.3 Å². The molecule has 2 nitrogen and oxygen atoms in total. The lowest BCUT2D eigenvalue weighted by atomic mass is 10.1. The highest BCUT2D eigenvalue weighted by Gasteiger charge is 2.07. The van der Waals surface area contributed by atoms with Crippen LogP contribution in [-0.2, 0) is 0 Å². The summed E-state index contributed by atoms with van der Waals surface area (Å²) < 4.78 is 5.14. The van der Waals surface area contributed by atoms with Crippen molar-refractivity contribution in [2.45, 2.75) is 45.6 Å². The molecule has 17 heavy (non-hydrogen) atoms. The van der Waals surface area contributed by atoms with E-state index in [1.165, 1.54) is 19.3 Å². The molecule has 0 aliphatic heterocycles. The third-order valence-corrected chi connectivity index (χ3v) is 3.22.